The average Bonchev–Trinajstić information content (AvgIpc) is 2.99. The molecule has 2 aromatic rings. The Morgan fingerprint density at radius 1 is 1.26 bits per heavy atom. The van der Waals surface area contributed by atoms with Crippen LogP contribution in [0.2, 0.25) is 0 Å². The van der Waals surface area contributed by atoms with E-state index in [9.17, 15) is 9.59 Å². The maximum atomic E-state index is 12.6. The van der Waals surface area contributed by atoms with Gasteiger partial charge >= 0.3 is 0 Å². The molecule has 118 valence electrons. The molecular formula is C16H17N5O2. The summed E-state index contributed by atoms with van der Waals surface area (Å²) in [6, 6.07) is 7.17. The van der Waals surface area contributed by atoms with Crippen LogP contribution in [0.5, 0.6) is 0 Å². The Bertz CT molecular complexity index is 783. The number of para-hydroxylation sites is 1. The second-order valence-electron chi connectivity index (χ2n) is 5.91. The standard InChI is InChI=1S/C16H17N5O2/c22-14-9-12(10-5-1-2-6-11(10)17-14)18-16(23)15-20-19-13-7-3-4-8-21(13)15/h1-2,5-6,12H,3-4,7-9H2,(H,17,22)(H,18,23)/t12-/m0/s1. The van der Waals surface area contributed by atoms with Crippen LogP contribution in [-0.2, 0) is 17.8 Å². The molecule has 0 saturated carbocycles. The highest BCUT2D eigenvalue weighted by Gasteiger charge is 2.28. The van der Waals surface area contributed by atoms with E-state index in [4.69, 9.17) is 0 Å². The van der Waals surface area contributed by atoms with Gasteiger partial charge in [0.1, 0.15) is 5.82 Å². The van der Waals surface area contributed by atoms with Crippen molar-refractivity contribution in [3.05, 3.63) is 41.5 Å². The highest BCUT2D eigenvalue weighted by Crippen LogP contribution is 2.30. The third-order valence-corrected chi connectivity index (χ3v) is 4.37. The van der Waals surface area contributed by atoms with Crippen LogP contribution in [0.15, 0.2) is 24.3 Å². The Hall–Kier alpha value is -2.70. The molecule has 7 nitrogen and oxygen atoms in total. The number of hydrogen-bond donors (Lipinski definition) is 2. The highest BCUT2D eigenvalue weighted by atomic mass is 16.2. The Labute approximate surface area is 133 Å². The second-order valence-corrected chi connectivity index (χ2v) is 5.91. The first-order valence-electron chi connectivity index (χ1n) is 7.84. The molecule has 0 aliphatic carbocycles. The van der Waals surface area contributed by atoms with Crippen LogP contribution in [0.3, 0.4) is 0 Å². The first-order valence-corrected chi connectivity index (χ1v) is 7.84. The molecule has 7 heteroatoms. The number of nitrogens with one attached hydrogen (secondary N) is 2. The van der Waals surface area contributed by atoms with Gasteiger partial charge in [0.05, 0.1) is 12.5 Å². The number of carbonyl (C=O) groups excluding carboxylic acids is 2. The van der Waals surface area contributed by atoms with Crippen LogP contribution >= 0.6 is 0 Å². The average molecular weight is 311 g/mol. The summed E-state index contributed by atoms with van der Waals surface area (Å²) in [5.41, 5.74) is 1.66. The lowest BCUT2D eigenvalue weighted by molar-refractivity contribution is -0.116. The van der Waals surface area contributed by atoms with Crippen LogP contribution in [0.4, 0.5) is 5.69 Å². The van der Waals surface area contributed by atoms with Gasteiger partial charge in [0, 0.05) is 18.7 Å². The quantitative estimate of drug-likeness (QED) is 0.878. The fourth-order valence-corrected chi connectivity index (χ4v) is 3.24. The predicted octanol–water partition coefficient (Wildman–Crippen LogP) is 1.43. The number of aromatic nitrogens is 3. The molecular weight excluding hydrogens is 294 g/mol. The van der Waals surface area contributed by atoms with E-state index < -0.39 is 0 Å². The number of nitrogens with zero attached hydrogens (tertiary/aromatic N) is 3. The highest BCUT2D eigenvalue weighted by molar-refractivity contribution is 5.96. The van der Waals surface area contributed by atoms with Crippen molar-refractivity contribution in [1.29, 1.82) is 0 Å². The van der Waals surface area contributed by atoms with Gasteiger partial charge in [0.15, 0.2) is 0 Å². The van der Waals surface area contributed by atoms with E-state index in [1.54, 1.807) is 0 Å². The molecule has 0 radical (unpaired) electrons. The summed E-state index contributed by atoms with van der Waals surface area (Å²) in [6.45, 7) is 0.771. The van der Waals surface area contributed by atoms with E-state index >= 15 is 0 Å². The van der Waals surface area contributed by atoms with Gasteiger partial charge in [-0.3, -0.25) is 9.59 Å². The number of amides is 2. The number of anilines is 1. The van der Waals surface area contributed by atoms with Gasteiger partial charge in [-0.1, -0.05) is 18.2 Å². The molecule has 0 unspecified atom stereocenters. The van der Waals surface area contributed by atoms with E-state index in [-0.39, 0.29) is 24.3 Å². The Kier molecular flexibility index (Phi) is 3.33. The predicted molar refractivity (Wildman–Crippen MR) is 82.9 cm³/mol. The van der Waals surface area contributed by atoms with Gasteiger partial charge in [-0.05, 0) is 24.5 Å². The van der Waals surface area contributed by atoms with Gasteiger partial charge in [-0.25, -0.2) is 0 Å². The lowest BCUT2D eigenvalue weighted by Gasteiger charge is -2.26. The maximum Gasteiger partial charge on any atom is 0.289 e. The molecule has 2 aliphatic rings. The monoisotopic (exact) mass is 311 g/mol. The molecule has 1 atom stereocenters. The van der Waals surface area contributed by atoms with Crippen LogP contribution in [-0.4, -0.2) is 26.6 Å². The smallest absolute Gasteiger partial charge is 0.289 e. The Morgan fingerprint density at radius 3 is 3.04 bits per heavy atom. The summed E-state index contributed by atoms with van der Waals surface area (Å²) < 4.78 is 1.88. The third kappa shape index (κ3) is 2.48. The van der Waals surface area contributed by atoms with Crippen LogP contribution in [0.25, 0.3) is 0 Å². The van der Waals surface area contributed by atoms with E-state index in [0.29, 0.717) is 5.82 Å². The Balaban J connectivity index is 1.60. The topological polar surface area (TPSA) is 88.9 Å². The zero-order valence-electron chi connectivity index (χ0n) is 12.6. The van der Waals surface area contributed by atoms with Crippen molar-refractivity contribution in [2.24, 2.45) is 0 Å². The van der Waals surface area contributed by atoms with Crippen molar-refractivity contribution in [2.75, 3.05) is 5.32 Å². The number of rotatable bonds is 2. The van der Waals surface area contributed by atoms with Gasteiger partial charge < -0.3 is 15.2 Å². The summed E-state index contributed by atoms with van der Waals surface area (Å²) in [5, 5.41) is 13.9. The minimum atomic E-state index is -0.344. The SMILES string of the molecule is O=C1C[C@H](NC(=O)c2nnc3n2CCCC3)c2ccccc2N1. The normalized spacial score (nSPS) is 19.5. The molecule has 4 rings (SSSR count). The van der Waals surface area contributed by atoms with Crippen molar-refractivity contribution < 1.29 is 9.59 Å². The van der Waals surface area contributed by atoms with Crippen molar-refractivity contribution in [2.45, 2.75) is 38.3 Å². The fourth-order valence-electron chi connectivity index (χ4n) is 3.24. The molecule has 0 bridgehead atoms. The fraction of sp³-hybridized carbons (Fsp3) is 0.375. The van der Waals surface area contributed by atoms with E-state index in [0.717, 1.165) is 42.9 Å². The molecule has 2 amide bonds. The number of aryl methyl sites for hydroxylation is 1. The Morgan fingerprint density at radius 2 is 2.13 bits per heavy atom. The molecule has 2 N–H and O–H groups in total. The van der Waals surface area contributed by atoms with Crippen molar-refractivity contribution in [1.82, 2.24) is 20.1 Å². The second kappa shape index (κ2) is 5.49. The van der Waals surface area contributed by atoms with Gasteiger partial charge in [-0.2, -0.15) is 0 Å². The third-order valence-electron chi connectivity index (χ3n) is 4.37. The van der Waals surface area contributed by atoms with Crippen molar-refractivity contribution in [3.8, 4) is 0 Å². The van der Waals surface area contributed by atoms with Crippen LogP contribution in [0.1, 0.15) is 47.3 Å². The molecule has 1 aromatic heterocycles. The van der Waals surface area contributed by atoms with E-state index in [1.165, 1.54) is 0 Å². The number of carbonyl (C=O) groups is 2. The molecule has 2 aliphatic heterocycles. The number of fused-ring (bicyclic) bond motifs is 2. The number of hydrogen-bond acceptors (Lipinski definition) is 4. The van der Waals surface area contributed by atoms with Gasteiger partial charge in [0.25, 0.3) is 5.91 Å². The molecule has 1 aromatic carbocycles. The number of benzene rings is 1. The minimum Gasteiger partial charge on any atom is -0.342 e. The lowest BCUT2D eigenvalue weighted by atomic mass is 9.97. The zero-order valence-corrected chi connectivity index (χ0v) is 12.6. The lowest BCUT2D eigenvalue weighted by Crippen LogP contribution is -2.36. The molecule has 0 spiro atoms. The molecule has 0 saturated heterocycles. The minimum absolute atomic E-state index is 0.0997. The summed E-state index contributed by atoms with van der Waals surface area (Å²) in [6.07, 6.45) is 3.19. The zero-order chi connectivity index (χ0) is 15.8. The first-order chi connectivity index (χ1) is 11.2. The summed E-state index contributed by atoms with van der Waals surface area (Å²) >= 11 is 0. The van der Waals surface area contributed by atoms with Crippen LogP contribution < -0.4 is 10.6 Å². The first kappa shape index (κ1) is 13.9. The summed E-state index contributed by atoms with van der Waals surface area (Å²) in [4.78, 5) is 24.4. The molecule has 23 heavy (non-hydrogen) atoms. The van der Waals surface area contributed by atoms with E-state index in [2.05, 4.69) is 20.8 Å². The molecule has 0 fully saturated rings. The van der Waals surface area contributed by atoms with E-state index in [1.807, 2.05) is 28.8 Å². The largest absolute Gasteiger partial charge is 0.342 e. The van der Waals surface area contributed by atoms with Crippen LogP contribution in [0, 0.1) is 0 Å². The van der Waals surface area contributed by atoms with Crippen molar-refractivity contribution >= 4 is 17.5 Å². The summed E-state index contributed by atoms with van der Waals surface area (Å²) in [7, 11) is 0. The van der Waals surface area contributed by atoms with Gasteiger partial charge in [-0.15, -0.1) is 10.2 Å². The van der Waals surface area contributed by atoms with Gasteiger partial charge in [0.2, 0.25) is 11.7 Å². The molecule has 3 heterocycles. The summed E-state index contributed by atoms with van der Waals surface area (Å²) in [5.74, 6) is 0.823. The maximum absolute atomic E-state index is 12.6. The van der Waals surface area contributed by atoms with Crippen molar-refractivity contribution in [3.63, 3.8) is 0 Å².